The molecule has 92 valence electrons. The molecule has 0 atom stereocenters. The summed E-state index contributed by atoms with van der Waals surface area (Å²) in [5.74, 6) is -1.62. The van der Waals surface area contributed by atoms with E-state index >= 15 is 0 Å². The third-order valence-corrected chi connectivity index (χ3v) is 2.78. The number of carboxylic acids is 1. The molecular weight excluding hydrogens is 304 g/mol. The lowest BCUT2D eigenvalue weighted by Crippen LogP contribution is -2.14. The Morgan fingerprint density at radius 2 is 2.11 bits per heavy atom. The van der Waals surface area contributed by atoms with Crippen molar-refractivity contribution < 1.29 is 19.1 Å². The van der Waals surface area contributed by atoms with Gasteiger partial charge in [-0.15, -0.1) is 0 Å². The number of aromatic carboxylic acids is 1. The van der Waals surface area contributed by atoms with Crippen molar-refractivity contribution in [2.75, 3.05) is 5.32 Å². The zero-order chi connectivity index (χ0) is 13.1. The molecule has 0 aliphatic heterocycles. The molecular formula is C11H7BrN2O4. The molecule has 2 aromatic rings. The highest BCUT2D eigenvalue weighted by molar-refractivity contribution is 9.10. The first kappa shape index (κ1) is 12.3. The van der Waals surface area contributed by atoms with Crippen LogP contribution in [0.3, 0.4) is 0 Å². The molecule has 2 aromatic heterocycles. The van der Waals surface area contributed by atoms with E-state index in [0.29, 0.717) is 0 Å². The van der Waals surface area contributed by atoms with E-state index in [0.717, 1.165) is 0 Å². The van der Waals surface area contributed by atoms with Crippen LogP contribution in [0.15, 0.2) is 39.9 Å². The van der Waals surface area contributed by atoms with Gasteiger partial charge in [0.2, 0.25) is 0 Å². The van der Waals surface area contributed by atoms with Crippen molar-refractivity contribution in [1.29, 1.82) is 0 Å². The lowest BCUT2D eigenvalue weighted by atomic mass is 10.2. The number of anilines is 1. The molecule has 2 N–H and O–H groups in total. The first-order valence-electron chi connectivity index (χ1n) is 4.81. The maximum Gasteiger partial charge on any atom is 0.337 e. The number of amides is 1. The molecule has 2 heterocycles. The highest BCUT2D eigenvalue weighted by Gasteiger charge is 2.16. The van der Waals surface area contributed by atoms with E-state index in [2.05, 4.69) is 26.2 Å². The second-order valence-corrected chi connectivity index (χ2v) is 4.01. The van der Waals surface area contributed by atoms with Gasteiger partial charge in [0.05, 0.1) is 29.3 Å². The van der Waals surface area contributed by atoms with Gasteiger partial charge in [0, 0.05) is 6.20 Å². The van der Waals surface area contributed by atoms with Gasteiger partial charge in [0.15, 0.2) is 4.67 Å². The van der Waals surface area contributed by atoms with Crippen LogP contribution in [-0.2, 0) is 0 Å². The van der Waals surface area contributed by atoms with Gasteiger partial charge >= 0.3 is 5.97 Å². The number of nitrogens with one attached hydrogen (secondary N) is 1. The summed E-state index contributed by atoms with van der Waals surface area (Å²) in [5, 5.41) is 11.4. The topological polar surface area (TPSA) is 92.4 Å². The van der Waals surface area contributed by atoms with Crippen molar-refractivity contribution in [3.05, 3.63) is 46.6 Å². The van der Waals surface area contributed by atoms with Gasteiger partial charge in [-0.05, 0) is 28.1 Å². The van der Waals surface area contributed by atoms with E-state index in [4.69, 9.17) is 9.52 Å². The van der Waals surface area contributed by atoms with Gasteiger partial charge in [-0.25, -0.2) is 4.79 Å². The summed E-state index contributed by atoms with van der Waals surface area (Å²) in [6, 6.07) is 2.78. The first-order chi connectivity index (χ1) is 8.59. The summed E-state index contributed by atoms with van der Waals surface area (Å²) in [4.78, 5) is 26.6. The second kappa shape index (κ2) is 5.01. The van der Waals surface area contributed by atoms with Gasteiger partial charge in [0.25, 0.3) is 5.91 Å². The van der Waals surface area contributed by atoms with Crippen LogP contribution in [0.2, 0.25) is 0 Å². The summed E-state index contributed by atoms with van der Waals surface area (Å²) in [5.41, 5.74) is 0.372. The molecule has 0 unspecified atom stereocenters. The number of nitrogens with zero attached hydrogens (tertiary/aromatic N) is 1. The van der Waals surface area contributed by atoms with Gasteiger partial charge in [0.1, 0.15) is 0 Å². The summed E-state index contributed by atoms with van der Waals surface area (Å²) in [6.07, 6.45) is 3.96. The third-order valence-electron chi connectivity index (χ3n) is 2.16. The number of hydrogen-bond donors (Lipinski definition) is 2. The third kappa shape index (κ3) is 2.40. The van der Waals surface area contributed by atoms with Crippen LogP contribution in [-0.4, -0.2) is 22.0 Å². The first-order valence-corrected chi connectivity index (χ1v) is 5.60. The maximum absolute atomic E-state index is 11.8. The van der Waals surface area contributed by atoms with E-state index in [9.17, 15) is 9.59 Å². The zero-order valence-corrected chi connectivity index (χ0v) is 10.5. The predicted molar refractivity (Wildman–Crippen MR) is 65.6 cm³/mol. The summed E-state index contributed by atoms with van der Waals surface area (Å²) in [7, 11) is 0. The highest BCUT2D eigenvalue weighted by Crippen LogP contribution is 2.20. The van der Waals surface area contributed by atoms with Crippen molar-refractivity contribution in [1.82, 2.24) is 4.98 Å². The largest absolute Gasteiger partial charge is 0.478 e. The summed E-state index contributed by atoms with van der Waals surface area (Å²) in [6.45, 7) is 0. The van der Waals surface area contributed by atoms with Gasteiger partial charge in [-0.2, -0.15) is 0 Å². The number of rotatable bonds is 3. The minimum absolute atomic E-state index is 0.0297. The van der Waals surface area contributed by atoms with Crippen molar-refractivity contribution in [2.24, 2.45) is 0 Å². The molecule has 6 nitrogen and oxygen atoms in total. The van der Waals surface area contributed by atoms with Crippen LogP contribution in [0.5, 0.6) is 0 Å². The standard InChI is InChI=1S/C11H7BrN2O4/c12-9-7(2-4-18-9)10(15)14-8-5-13-3-1-6(8)11(16)17/h1-5H,(H,14,15)(H,16,17). The average molecular weight is 311 g/mol. The molecule has 2 rings (SSSR count). The molecule has 7 heteroatoms. The van der Waals surface area contributed by atoms with Crippen LogP contribution < -0.4 is 5.32 Å². The summed E-state index contributed by atoms with van der Waals surface area (Å²) < 4.78 is 5.20. The Morgan fingerprint density at radius 1 is 1.33 bits per heavy atom. The van der Waals surface area contributed by atoms with Crippen LogP contribution in [0.1, 0.15) is 20.7 Å². The Morgan fingerprint density at radius 3 is 2.72 bits per heavy atom. The number of aromatic nitrogens is 1. The minimum Gasteiger partial charge on any atom is -0.478 e. The number of carbonyl (C=O) groups is 2. The fraction of sp³-hybridized carbons (Fsp3) is 0. The molecule has 0 fully saturated rings. The van der Waals surface area contributed by atoms with Crippen LogP contribution >= 0.6 is 15.9 Å². The Bertz CT molecular complexity index is 609. The lowest BCUT2D eigenvalue weighted by molar-refractivity contribution is 0.0698. The van der Waals surface area contributed by atoms with Crippen LogP contribution in [0.4, 0.5) is 5.69 Å². The Labute approximate surface area is 110 Å². The molecule has 0 saturated heterocycles. The fourth-order valence-corrected chi connectivity index (χ4v) is 1.75. The Kier molecular flexibility index (Phi) is 3.42. The second-order valence-electron chi connectivity index (χ2n) is 3.29. The monoisotopic (exact) mass is 310 g/mol. The smallest absolute Gasteiger partial charge is 0.337 e. The molecule has 0 aromatic carbocycles. The zero-order valence-electron chi connectivity index (χ0n) is 8.88. The lowest BCUT2D eigenvalue weighted by Gasteiger charge is -2.06. The minimum atomic E-state index is -1.14. The molecule has 0 aliphatic carbocycles. The number of hydrogen-bond acceptors (Lipinski definition) is 4. The Balaban J connectivity index is 2.28. The molecule has 0 bridgehead atoms. The highest BCUT2D eigenvalue weighted by atomic mass is 79.9. The molecule has 18 heavy (non-hydrogen) atoms. The van der Waals surface area contributed by atoms with E-state index in [1.807, 2.05) is 0 Å². The van der Waals surface area contributed by atoms with Crippen molar-refractivity contribution in [3.63, 3.8) is 0 Å². The van der Waals surface area contributed by atoms with Gasteiger partial charge in [-0.3, -0.25) is 9.78 Å². The van der Waals surface area contributed by atoms with E-state index < -0.39 is 11.9 Å². The van der Waals surface area contributed by atoms with Crippen LogP contribution in [0.25, 0.3) is 0 Å². The average Bonchev–Trinajstić information content (AvgIpc) is 2.76. The van der Waals surface area contributed by atoms with Gasteiger partial charge < -0.3 is 14.8 Å². The molecule has 0 radical (unpaired) electrons. The number of carboxylic acid groups (broad SMARTS) is 1. The fourth-order valence-electron chi connectivity index (χ4n) is 1.33. The van der Waals surface area contributed by atoms with Crippen molar-refractivity contribution in [3.8, 4) is 0 Å². The van der Waals surface area contributed by atoms with Crippen molar-refractivity contribution in [2.45, 2.75) is 0 Å². The number of pyridine rings is 1. The Hall–Kier alpha value is -2.15. The van der Waals surface area contributed by atoms with E-state index in [1.165, 1.54) is 30.8 Å². The van der Waals surface area contributed by atoms with E-state index in [-0.39, 0.29) is 21.5 Å². The normalized spacial score (nSPS) is 10.1. The van der Waals surface area contributed by atoms with E-state index in [1.54, 1.807) is 0 Å². The summed E-state index contributed by atoms with van der Waals surface area (Å²) >= 11 is 3.07. The molecule has 0 saturated carbocycles. The van der Waals surface area contributed by atoms with Gasteiger partial charge in [-0.1, -0.05) is 0 Å². The predicted octanol–water partition coefficient (Wildman–Crippen LogP) is 2.39. The number of furan rings is 1. The van der Waals surface area contributed by atoms with Crippen LogP contribution in [0, 0.1) is 0 Å². The SMILES string of the molecule is O=C(O)c1ccncc1NC(=O)c1ccoc1Br. The number of halogens is 1. The van der Waals surface area contributed by atoms with Crippen molar-refractivity contribution >= 4 is 33.5 Å². The molecule has 1 amide bonds. The number of carbonyl (C=O) groups excluding carboxylic acids is 1. The maximum atomic E-state index is 11.8. The quantitative estimate of drug-likeness (QED) is 0.908. The molecule has 0 aliphatic rings. The molecule has 0 spiro atoms.